The molecule has 1 nitrogen and oxygen atoms in total. The van der Waals surface area contributed by atoms with Crippen molar-refractivity contribution in [3.63, 3.8) is 0 Å². The van der Waals surface area contributed by atoms with Crippen molar-refractivity contribution in [2.45, 2.75) is 51.2 Å². The average molecular weight is 200 g/mol. The average Bonchev–Trinajstić information content (AvgIpc) is 2.02. The maximum absolute atomic E-state index is 11.7. The van der Waals surface area contributed by atoms with Crippen molar-refractivity contribution in [3.05, 3.63) is 0 Å². The Bertz CT molecular complexity index is 187. The zero-order chi connectivity index (χ0) is 9.90. The van der Waals surface area contributed by atoms with Crippen LogP contribution < -0.4 is 0 Å². The van der Waals surface area contributed by atoms with Gasteiger partial charge in [0.15, 0.2) is 0 Å². The van der Waals surface area contributed by atoms with Crippen LogP contribution in [0.3, 0.4) is 0 Å². The van der Waals surface area contributed by atoms with Gasteiger partial charge in [0.05, 0.1) is 0 Å². The first kappa shape index (κ1) is 11.1. The molecule has 0 aromatic rings. The molecule has 0 amide bonds. The summed E-state index contributed by atoms with van der Waals surface area (Å²) in [7, 11) is 0. The van der Waals surface area contributed by atoms with Gasteiger partial charge in [0, 0.05) is 22.8 Å². The van der Waals surface area contributed by atoms with Gasteiger partial charge in [-0.05, 0) is 6.42 Å². The van der Waals surface area contributed by atoms with E-state index in [2.05, 4.69) is 20.8 Å². The fraction of sp³-hybridized carbons (Fsp3) is 0.909. The van der Waals surface area contributed by atoms with E-state index in [0.717, 1.165) is 18.6 Å². The number of hydrogen-bond acceptors (Lipinski definition) is 2. The molecule has 1 rings (SSSR count). The first-order chi connectivity index (χ1) is 6.05. The Kier molecular flexibility index (Phi) is 3.84. The Morgan fingerprint density at radius 3 is 2.77 bits per heavy atom. The second-order valence-corrected chi connectivity index (χ2v) is 6.28. The van der Waals surface area contributed by atoms with Crippen LogP contribution in [-0.4, -0.2) is 16.3 Å². The van der Waals surface area contributed by atoms with Crippen LogP contribution >= 0.6 is 11.8 Å². The lowest BCUT2D eigenvalue weighted by Gasteiger charge is -2.32. The molecule has 2 heteroatoms. The van der Waals surface area contributed by atoms with Crippen molar-refractivity contribution in [2.75, 3.05) is 5.75 Å². The lowest BCUT2D eigenvalue weighted by atomic mass is 9.92. The molecule has 0 N–H and O–H groups in total. The zero-order valence-electron chi connectivity index (χ0n) is 8.93. The number of thioether (sulfide) groups is 1. The second-order valence-electron chi connectivity index (χ2n) is 4.55. The molecule has 1 fully saturated rings. The van der Waals surface area contributed by atoms with Crippen LogP contribution in [0.15, 0.2) is 0 Å². The van der Waals surface area contributed by atoms with Crippen molar-refractivity contribution in [3.8, 4) is 0 Å². The number of ketones is 1. The van der Waals surface area contributed by atoms with E-state index in [0.29, 0.717) is 11.7 Å². The Morgan fingerprint density at radius 2 is 2.23 bits per heavy atom. The van der Waals surface area contributed by atoms with Crippen LogP contribution in [-0.2, 0) is 4.79 Å². The van der Waals surface area contributed by atoms with Gasteiger partial charge in [-0.15, -0.1) is 0 Å². The molecule has 0 bridgehead atoms. The highest BCUT2D eigenvalue weighted by atomic mass is 32.2. The largest absolute Gasteiger partial charge is 0.299 e. The molecule has 0 saturated carbocycles. The molecule has 0 spiro atoms. The van der Waals surface area contributed by atoms with Gasteiger partial charge >= 0.3 is 0 Å². The predicted octanol–water partition coefficient (Wildman–Crippen LogP) is 3.28. The van der Waals surface area contributed by atoms with Gasteiger partial charge in [-0.25, -0.2) is 0 Å². The molecule has 1 aliphatic heterocycles. The van der Waals surface area contributed by atoms with Crippen LogP contribution in [0.5, 0.6) is 0 Å². The molecule has 1 saturated heterocycles. The van der Waals surface area contributed by atoms with Crippen LogP contribution in [0, 0.1) is 5.92 Å². The van der Waals surface area contributed by atoms with Crippen LogP contribution in [0.2, 0.25) is 0 Å². The Labute approximate surface area is 85.7 Å². The summed E-state index contributed by atoms with van der Waals surface area (Å²) in [5, 5.41) is 0. The van der Waals surface area contributed by atoms with E-state index in [1.165, 1.54) is 12.8 Å². The van der Waals surface area contributed by atoms with Crippen molar-refractivity contribution < 1.29 is 4.79 Å². The fourth-order valence-electron chi connectivity index (χ4n) is 1.73. The van der Waals surface area contributed by atoms with Gasteiger partial charge in [0.1, 0.15) is 5.78 Å². The van der Waals surface area contributed by atoms with Crippen molar-refractivity contribution >= 4 is 17.5 Å². The second kappa shape index (κ2) is 4.50. The van der Waals surface area contributed by atoms with Gasteiger partial charge in [0.25, 0.3) is 0 Å². The first-order valence-electron chi connectivity index (χ1n) is 5.22. The summed E-state index contributed by atoms with van der Waals surface area (Å²) in [5.74, 6) is 1.90. The van der Waals surface area contributed by atoms with Gasteiger partial charge in [-0.1, -0.05) is 33.6 Å². The summed E-state index contributed by atoms with van der Waals surface area (Å²) in [6.07, 6.45) is 4.29. The van der Waals surface area contributed by atoms with Gasteiger partial charge in [-0.2, -0.15) is 11.8 Å². The Balaban J connectivity index is 2.40. The van der Waals surface area contributed by atoms with E-state index in [1.807, 2.05) is 11.8 Å². The first-order valence-corrected chi connectivity index (χ1v) is 6.20. The van der Waals surface area contributed by atoms with Gasteiger partial charge < -0.3 is 0 Å². The molecule has 0 aromatic carbocycles. The Morgan fingerprint density at radius 1 is 1.54 bits per heavy atom. The van der Waals surface area contributed by atoms with Crippen molar-refractivity contribution in [2.24, 2.45) is 5.92 Å². The Hall–Kier alpha value is 0.0200. The van der Waals surface area contributed by atoms with E-state index in [4.69, 9.17) is 0 Å². The number of Topliss-reactive ketones (excluding diaryl/α,β-unsaturated/α-hetero) is 1. The van der Waals surface area contributed by atoms with Gasteiger partial charge in [0.2, 0.25) is 0 Å². The zero-order valence-corrected chi connectivity index (χ0v) is 9.75. The molecule has 13 heavy (non-hydrogen) atoms. The van der Waals surface area contributed by atoms with Gasteiger partial charge in [-0.3, -0.25) is 4.79 Å². The number of rotatable bonds is 3. The summed E-state index contributed by atoms with van der Waals surface area (Å²) in [6, 6.07) is 0. The molecule has 0 aliphatic carbocycles. The van der Waals surface area contributed by atoms with E-state index in [1.54, 1.807) is 0 Å². The molecule has 0 aromatic heterocycles. The minimum Gasteiger partial charge on any atom is -0.299 e. The minimum atomic E-state index is 0.194. The fourth-order valence-corrected chi connectivity index (χ4v) is 2.98. The molecule has 76 valence electrons. The summed E-state index contributed by atoms with van der Waals surface area (Å²) in [5.41, 5.74) is 0. The summed E-state index contributed by atoms with van der Waals surface area (Å²) in [6.45, 7) is 6.53. The van der Waals surface area contributed by atoms with Crippen molar-refractivity contribution in [1.29, 1.82) is 0 Å². The molecule has 1 unspecified atom stereocenters. The number of hydrogen-bond donors (Lipinski definition) is 0. The summed E-state index contributed by atoms with van der Waals surface area (Å²) >= 11 is 1.96. The minimum absolute atomic E-state index is 0.194. The van der Waals surface area contributed by atoms with E-state index >= 15 is 0 Å². The monoisotopic (exact) mass is 200 g/mol. The third-order valence-electron chi connectivity index (χ3n) is 2.64. The highest BCUT2D eigenvalue weighted by molar-refractivity contribution is 8.00. The highest BCUT2D eigenvalue weighted by Crippen LogP contribution is 2.37. The SMILES string of the molecule is CCCCC1CSC(C)(C)CC1=O. The van der Waals surface area contributed by atoms with E-state index in [9.17, 15) is 4.79 Å². The molecular formula is C11H20OS. The smallest absolute Gasteiger partial charge is 0.138 e. The van der Waals surface area contributed by atoms with Crippen LogP contribution in [0.1, 0.15) is 46.5 Å². The van der Waals surface area contributed by atoms with Crippen LogP contribution in [0.4, 0.5) is 0 Å². The maximum Gasteiger partial charge on any atom is 0.138 e. The molecule has 1 atom stereocenters. The van der Waals surface area contributed by atoms with Crippen LogP contribution in [0.25, 0.3) is 0 Å². The van der Waals surface area contributed by atoms with Crippen molar-refractivity contribution in [1.82, 2.24) is 0 Å². The van der Waals surface area contributed by atoms with E-state index < -0.39 is 0 Å². The lowest BCUT2D eigenvalue weighted by Crippen LogP contribution is -2.33. The normalized spacial score (nSPS) is 27.6. The maximum atomic E-state index is 11.7. The topological polar surface area (TPSA) is 17.1 Å². The third-order valence-corrected chi connectivity index (χ3v) is 4.13. The number of carbonyl (C=O) groups excluding carboxylic acids is 1. The van der Waals surface area contributed by atoms with E-state index in [-0.39, 0.29) is 4.75 Å². The number of carbonyl (C=O) groups is 1. The summed E-state index contributed by atoms with van der Waals surface area (Å²) < 4.78 is 0.194. The quantitative estimate of drug-likeness (QED) is 0.695. The predicted molar refractivity (Wildman–Crippen MR) is 59.2 cm³/mol. The third kappa shape index (κ3) is 3.34. The lowest BCUT2D eigenvalue weighted by molar-refractivity contribution is -0.123. The number of unbranched alkanes of at least 4 members (excludes halogenated alkanes) is 1. The molecule has 1 aliphatic rings. The molecule has 1 heterocycles. The highest BCUT2D eigenvalue weighted by Gasteiger charge is 2.33. The summed E-state index contributed by atoms with van der Waals surface area (Å²) in [4.78, 5) is 11.7. The molecular weight excluding hydrogens is 180 g/mol. The molecule has 0 radical (unpaired) electrons. The standard InChI is InChI=1S/C11H20OS/c1-4-5-6-9-8-13-11(2,3)7-10(9)12/h9H,4-8H2,1-3H3.